The first-order valence-electron chi connectivity index (χ1n) is 8.51. The van der Waals surface area contributed by atoms with Crippen LogP contribution in [0, 0.1) is 5.92 Å². The third kappa shape index (κ3) is 7.38. The highest BCUT2D eigenvalue weighted by molar-refractivity contribution is 8.01. The molecule has 27 heavy (non-hydrogen) atoms. The van der Waals surface area contributed by atoms with Crippen molar-refractivity contribution < 1.29 is 18.0 Å². The van der Waals surface area contributed by atoms with Crippen LogP contribution in [0.4, 0.5) is 13.2 Å². The molecular weight excluding hydrogens is 393 g/mol. The molecule has 1 aromatic heterocycles. The van der Waals surface area contributed by atoms with Crippen LogP contribution in [0.2, 0.25) is 0 Å². The van der Waals surface area contributed by atoms with E-state index < -0.39 is 11.9 Å². The van der Waals surface area contributed by atoms with E-state index in [0.717, 1.165) is 16.9 Å². The van der Waals surface area contributed by atoms with E-state index in [0.29, 0.717) is 22.6 Å². The van der Waals surface area contributed by atoms with Crippen molar-refractivity contribution in [3.05, 3.63) is 58.9 Å². The number of oxime groups is 1. The lowest BCUT2D eigenvalue weighted by Gasteiger charge is -2.06. The maximum Gasteiger partial charge on any atom is 0.301 e. The number of halogens is 3. The van der Waals surface area contributed by atoms with Crippen molar-refractivity contribution in [3.63, 3.8) is 0 Å². The molecule has 0 saturated heterocycles. The predicted molar refractivity (Wildman–Crippen MR) is 105 cm³/mol. The molecule has 0 saturated carbocycles. The Morgan fingerprint density at radius 2 is 1.96 bits per heavy atom. The van der Waals surface area contributed by atoms with Crippen LogP contribution in [0.1, 0.15) is 37.1 Å². The standard InChI is InChI=1S/C19H21F3N2OS2/c1-13(2)8-10-25-24-17(14-6-4-3-5-7-14)16-12-23-19(27-16)26-11-9-15(20)18(21)22/h3-7,12-13H,8-11H2,1-2H3/b24-17+. The molecule has 0 unspecified atom stereocenters. The lowest BCUT2D eigenvalue weighted by molar-refractivity contribution is 0.133. The molecule has 2 rings (SSSR count). The van der Waals surface area contributed by atoms with Crippen LogP contribution in [0.15, 0.2) is 57.9 Å². The Morgan fingerprint density at radius 3 is 2.63 bits per heavy atom. The highest BCUT2D eigenvalue weighted by atomic mass is 32.2. The molecule has 146 valence electrons. The lowest BCUT2D eigenvalue weighted by atomic mass is 10.1. The second-order valence-corrected chi connectivity index (χ2v) is 8.45. The summed E-state index contributed by atoms with van der Waals surface area (Å²) in [6.45, 7) is 4.75. The number of hydrogen-bond acceptors (Lipinski definition) is 5. The summed E-state index contributed by atoms with van der Waals surface area (Å²) in [4.78, 5) is 10.6. The van der Waals surface area contributed by atoms with Gasteiger partial charge in [-0.3, -0.25) is 0 Å². The van der Waals surface area contributed by atoms with E-state index in [4.69, 9.17) is 4.84 Å². The molecule has 0 radical (unpaired) electrons. The quantitative estimate of drug-likeness (QED) is 0.192. The van der Waals surface area contributed by atoms with Crippen molar-refractivity contribution in [1.82, 2.24) is 4.98 Å². The van der Waals surface area contributed by atoms with Crippen molar-refractivity contribution >= 4 is 28.8 Å². The Labute approximate surface area is 165 Å². The molecule has 0 N–H and O–H groups in total. The van der Waals surface area contributed by atoms with Crippen molar-refractivity contribution in [2.24, 2.45) is 11.1 Å². The van der Waals surface area contributed by atoms with Crippen LogP contribution in [0.25, 0.3) is 0 Å². The third-order valence-corrected chi connectivity index (χ3v) is 5.62. The topological polar surface area (TPSA) is 34.5 Å². The van der Waals surface area contributed by atoms with Crippen LogP contribution >= 0.6 is 23.1 Å². The molecule has 0 bridgehead atoms. The van der Waals surface area contributed by atoms with Gasteiger partial charge in [0, 0.05) is 23.9 Å². The zero-order chi connectivity index (χ0) is 19.6. The fraction of sp³-hybridized carbons (Fsp3) is 0.368. The fourth-order valence-electron chi connectivity index (χ4n) is 1.99. The van der Waals surface area contributed by atoms with Crippen molar-refractivity contribution in [2.45, 2.75) is 31.0 Å². The number of allylic oxidation sites excluding steroid dienone is 1. The predicted octanol–water partition coefficient (Wildman–Crippen LogP) is 6.52. The van der Waals surface area contributed by atoms with E-state index in [9.17, 15) is 13.2 Å². The molecule has 1 heterocycles. The number of aromatic nitrogens is 1. The summed E-state index contributed by atoms with van der Waals surface area (Å²) < 4.78 is 37.7. The van der Waals surface area contributed by atoms with Gasteiger partial charge < -0.3 is 4.84 Å². The van der Waals surface area contributed by atoms with Crippen LogP contribution in [0.3, 0.4) is 0 Å². The Morgan fingerprint density at radius 1 is 1.22 bits per heavy atom. The summed E-state index contributed by atoms with van der Waals surface area (Å²) in [5.41, 5.74) is 1.57. The largest absolute Gasteiger partial charge is 0.395 e. The lowest BCUT2D eigenvalue weighted by Crippen LogP contribution is -2.03. The van der Waals surface area contributed by atoms with Gasteiger partial charge in [0.25, 0.3) is 0 Å². The third-order valence-electron chi connectivity index (χ3n) is 3.46. The van der Waals surface area contributed by atoms with E-state index in [1.807, 2.05) is 30.3 Å². The first kappa shape index (κ1) is 21.5. The number of thiazole rings is 1. The van der Waals surface area contributed by atoms with E-state index in [1.165, 1.54) is 23.1 Å². The number of benzene rings is 1. The first-order valence-corrected chi connectivity index (χ1v) is 10.3. The summed E-state index contributed by atoms with van der Waals surface area (Å²) in [7, 11) is 0. The minimum Gasteiger partial charge on any atom is -0.395 e. The van der Waals surface area contributed by atoms with Crippen LogP contribution in [-0.2, 0) is 4.84 Å². The van der Waals surface area contributed by atoms with Gasteiger partial charge >= 0.3 is 6.08 Å². The number of nitrogens with zero attached hydrogens (tertiary/aromatic N) is 2. The van der Waals surface area contributed by atoms with Crippen molar-refractivity contribution in [3.8, 4) is 0 Å². The van der Waals surface area contributed by atoms with Gasteiger partial charge in [0.15, 0.2) is 5.83 Å². The van der Waals surface area contributed by atoms with E-state index in [1.54, 1.807) is 6.20 Å². The highest BCUT2D eigenvalue weighted by Gasteiger charge is 2.13. The maximum absolute atomic E-state index is 12.9. The first-order chi connectivity index (χ1) is 13.0. The monoisotopic (exact) mass is 414 g/mol. The van der Waals surface area contributed by atoms with Gasteiger partial charge in [-0.25, -0.2) is 9.37 Å². The molecule has 0 amide bonds. The molecule has 0 atom stereocenters. The molecule has 2 aromatic rings. The Kier molecular flexibility index (Phi) is 8.87. The second kappa shape index (κ2) is 11.1. The minimum atomic E-state index is -2.26. The molecule has 0 aliphatic heterocycles. The van der Waals surface area contributed by atoms with Crippen molar-refractivity contribution in [2.75, 3.05) is 12.4 Å². The summed E-state index contributed by atoms with van der Waals surface area (Å²) >= 11 is 2.61. The van der Waals surface area contributed by atoms with Crippen LogP contribution in [-0.4, -0.2) is 23.1 Å². The van der Waals surface area contributed by atoms with Gasteiger partial charge in [0.05, 0.1) is 4.88 Å². The summed E-state index contributed by atoms with van der Waals surface area (Å²) in [5.74, 6) is -0.654. The van der Waals surface area contributed by atoms with Crippen molar-refractivity contribution in [1.29, 1.82) is 0 Å². The normalized spacial score (nSPS) is 11.7. The van der Waals surface area contributed by atoms with Crippen LogP contribution in [0.5, 0.6) is 0 Å². The van der Waals surface area contributed by atoms with Gasteiger partial charge in [-0.15, -0.1) is 11.3 Å². The summed E-state index contributed by atoms with van der Waals surface area (Å²) in [6.07, 6.45) is -0.00101. The van der Waals surface area contributed by atoms with Gasteiger partial charge in [0.2, 0.25) is 0 Å². The summed E-state index contributed by atoms with van der Waals surface area (Å²) in [6, 6.07) is 9.61. The molecule has 8 heteroatoms. The van der Waals surface area contributed by atoms with Gasteiger partial charge in [0.1, 0.15) is 16.7 Å². The molecule has 0 spiro atoms. The highest BCUT2D eigenvalue weighted by Crippen LogP contribution is 2.28. The zero-order valence-corrected chi connectivity index (χ0v) is 16.8. The Hall–Kier alpha value is -1.80. The Balaban J connectivity index is 2.08. The Bertz CT molecular complexity index is 772. The molecule has 0 aliphatic rings. The number of hydrogen-bond donors (Lipinski definition) is 0. The average Bonchev–Trinajstić information content (AvgIpc) is 3.10. The smallest absolute Gasteiger partial charge is 0.301 e. The van der Waals surface area contributed by atoms with E-state index in [2.05, 4.69) is 24.0 Å². The molecular formula is C19H21F3N2OS2. The van der Waals surface area contributed by atoms with Gasteiger partial charge in [-0.2, -0.15) is 8.78 Å². The maximum atomic E-state index is 12.9. The molecule has 0 aliphatic carbocycles. The fourth-order valence-corrected chi connectivity index (χ4v) is 3.98. The minimum absolute atomic E-state index is 0.193. The van der Waals surface area contributed by atoms with E-state index in [-0.39, 0.29) is 12.2 Å². The molecule has 3 nitrogen and oxygen atoms in total. The van der Waals surface area contributed by atoms with Gasteiger partial charge in [-0.1, -0.05) is 61.1 Å². The van der Waals surface area contributed by atoms with E-state index >= 15 is 0 Å². The molecule has 0 fully saturated rings. The van der Waals surface area contributed by atoms with Gasteiger partial charge in [-0.05, 0) is 12.3 Å². The summed E-state index contributed by atoms with van der Waals surface area (Å²) in [5, 5.41) is 4.29. The SMILES string of the molecule is CC(C)CCO/N=C(\c1ccccc1)c1cnc(SCCC(F)=C(F)F)s1. The zero-order valence-electron chi connectivity index (χ0n) is 15.1. The molecule has 1 aromatic carbocycles. The van der Waals surface area contributed by atoms with Crippen LogP contribution < -0.4 is 0 Å². The average molecular weight is 415 g/mol. The second-order valence-electron chi connectivity index (χ2n) is 6.08. The number of thioether (sulfide) groups is 1. The number of rotatable bonds is 10.